The predicted octanol–water partition coefficient (Wildman–Crippen LogP) is 4.87. The summed E-state index contributed by atoms with van der Waals surface area (Å²) in [6, 6.07) is 7.74. The van der Waals surface area contributed by atoms with Gasteiger partial charge in [-0.2, -0.15) is 0 Å². The van der Waals surface area contributed by atoms with E-state index < -0.39 is 38.7 Å². The van der Waals surface area contributed by atoms with Crippen molar-refractivity contribution >= 4 is 8.32 Å². The molecule has 2 aliphatic rings. The van der Waals surface area contributed by atoms with Crippen molar-refractivity contribution in [2.45, 2.75) is 102 Å². The number of aliphatic hydroxyl groups is 1. The summed E-state index contributed by atoms with van der Waals surface area (Å²) < 4.78 is 31.5. The predicted molar refractivity (Wildman–Crippen MR) is 127 cm³/mol. The van der Waals surface area contributed by atoms with Gasteiger partial charge in [0.1, 0.15) is 30.5 Å². The first-order chi connectivity index (χ1) is 14.7. The summed E-state index contributed by atoms with van der Waals surface area (Å²) in [5.74, 6) is -0.720. The van der Waals surface area contributed by atoms with Crippen LogP contribution in [0.4, 0.5) is 0 Å². The van der Waals surface area contributed by atoms with E-state index >= 15 is 0 Å². The molecule has 2 heterocycles. The van der Waals surface area contributed by atoms with Crippen molar-refractivity contribution in [3.05, 3.63) is 48.0 Å². The van der Waals surface area contributed by atoms with E-state index in [9.17, 15) is 5.11 Å². The molecule has 1 aromatic rings. The van der Waals surface area contributed by atoms with Crippen LogP contribution < -0.4 is 0 Å². The van der Waals surface area contributed by atoms with Crippen molar-refractivity contribution in [2.75, 3.05) is 6.61 Å². The van der Waals surface area contributed by atoms with Gasteiger partial charge in [0.25, 0.3) is 0 Å². The first-order valence-corrected chi connectivity index (χ1v) is 14.3. The molecule has 6 atom stereocenters. The maximum atomic E-state index is 11.0. The standard InChI is InChI=1S/C25H40O6Si/c1-10-18(20(26)17-13-11-16(2)12-14-17)28-23-22(31-32(8,9)24(3,4)5)21-19(15-27-23)29-25(6,7)30-21/h10-14,18-23,26H,1,15H2,2-9H3/t18-,19+,20-,21+,22-,23-/m0/s1. The van der Waals surface area contributed by atoms with Crippen LogP contribution in [-0.4, -0.2) is 56.5 Å². The number of hydrogen-bond donors (Lipinski definition) is 1. The van der Waals surface area contributed by atoms with E-state index in [-0.39, 0.29) is 17.2 Å². The Labute approximate surface area is 194 Å². The van der Waals surface area contributed by atoms with Crippen molar-refractivity contribution in [3.8, 4) is 0 Å². The molecule has 1 N–H and O–H groups in total. The van der Waals surface area contributed by atoms with Gasteiger partial charge in [0.05, 0.1) is 6.61 Å². The van der Waals surface area contributed by atoms with Crippen LogP contribution in [0.1, 0.15) is 51.8 Å². The largest absolute Gasteiger partial charge is 0.406 e. The quantitative estimate of drug-likeness (QED) is 0.459. The average molecular weight is 465 g/mol. The molecule has 2 saturated heterocycles. The highest BCUT2D eigenvalue weighted by atomic mass is 28.4. The van der Waals surface area contributed by atoms with Gasteiger partial charge in [-0.1, -0.05) is 56.7 Å². The number of hydrogen-bond acceptors (Lipinski definition) is 6. The third-order valence-corrected chi connectivity index (χ3v) is 11.2. The maximum Gasteiger partial charge on any atom is 0.192 e. The average Bonchev–Trinajstić information content (AvgIpc) is 3.01. The molecule has 3 rings (SSSR count). The molecule has 0 radical (unpaired) electrons. The topological polar surface area (TPSA) is 66.4 Å². The van der Waals surface area contributed by atoms with Gasteiger partial charge in [0.2, 0.25) is 0 Å². The van der Waals surface area contributed by atoms with E-state index in [1.807, 2.05) is 45.0 Å². The zero-order chi connectivity index (χ0) is 23.9. The molecule has 7 heteroatoms. The Balaban J connectivity index is 1.85. The van der Waals surface area contributed by atoms with Crippen molar-refractivity contribution in [2.24, 2.45) is 0 Å². The summed E-state index contributed by atoms with van der Waals surface area (Å²) >= 11 is 0. The zero-order valence-electron chi connectivity index (χ0n) is 20.8. The lowest BCUT2D eigenvalue weighted by Gasteiger charge is -2.45. The molecule has 0 amide bonds. The second-order valence-corrected chi connectivity index (χ2v) is 15.6. The van der Waals surface area contributed by atoms with Gasteiger partial charge in [-0.15, -0.1) is 6.58 Å². The van der Waals surface area contributed by atoms with Crippen molar-refractivity contribution in [1.29, 1.82) is 0 Å². The molecule has 32 heavy (non-hydrogen) atoms. The number of aliphatic hydroxyl groups excluding tert-OH is 1. The van der Waals surface area contributed by atoms with E-state index in [1.165, 1.54) is 0 Å². The fraction of sp³-hybridized carbons (Fsp3) is 0.680. The normalized spacial score (nSPS) is 29.9. The third kappa shape index (κ3) is 5.52. The van der Waals surface area contributed by atoms with Crippen LogP contribution in [0.3, 0.4) is 0 Å². The molecule has 1 aromatic carbocycles. The molecule has 0 spiro atoms. The molecular formula is C25H40O6Si. The highest BCUT2D eigenvalue weighted by Gasteiger charge is 2.55. The summed E-state index contributed by atoms with van der Waals surface area (Å²) in [6.07, 6.45) is -1.68. The number of aryl methyl sites for hydroxylation is 1. The fourth-order valence-corrected chi connectivity index (χ4v) is 5.11. The highest BCUT2D eigenvalue weighted by molar-refractivity contribution is 6.74. The minimum atomic E-state index is -2.18. The van der Waals surface area contributed by atoms with Crippen LogP contribution in [0, 0.1) is 6.92 Å². The van der Waals surface area contributed by atoms with Crippen LogP contribution in [0.2, 0.25) is 18.1 Å². The van der Waals surface area contributed by atoms with Gasteiger partial charge in [-0.3, -0.25) is 0 Å². The summed E-state index contributed by atoms with van der Waals surface area (Å²) in [4.78, 5) is 0. The highest BCUT2D eigenvalue weighted by Crippen LogP contribution is 2.42. The maximum absolute atomic E-state index is 11.0. The minimum Gasteiger partial charge on any atom is -0.406 e. The van der Waals surface area contributed by atoms with E-state index in [1.54, 1.807) is 6.08 Å². The lowest BCUT2D eigenvalue weighted by molar-refractivity contribution is -0.265. The third-order valence-electron chi connectivity index (χ3n) is 6.73. The molecular weight excluding hydrogens is 424 g/mol. The smallest absolute Gasteiger partial charge is 0.192 e. The molecule has 2 aliphatic heterocycles. The van der Waals surface area contributed by atoms with E-state index in [0.29, 0.717) is 6.61 Å². The fourth-order valence-electron chi connectivity index (χ4n) is 3.83. The number of rotatable bonds is 7. The second-order valence-electron chi connectivity index (χ2n) is 10.9. The van der Waals surface area contributed by atoms with Crippen molar-refractivity contribution in [1.82, 2.24) is 0 Å². The molecule has 0 aromatic heterocycles. The first kappa shape index (κ1) is 25.6. The molecule has 0 bridgehead atoms. The summed E-state index contributed by atoms with van der Waals surface area (Å²) in [7, 11) is -2.18. The summed E-state index contributed by atoms with van der Waals surface area (Å²) in [6.45, 7) is 21.0. The molecule has 180 valence electrons. The van der Waals surface area contributed by atoms with E-state index in [0.717, 1.165) is 11.1 Å². The molecule has 0 saturated carbocycles. The number of ether oxygens (including phenoxy) is 4. The van der Waals surface area contributed by atoms with Gasteiger partial charge >= 0.3 is 0 Å². The lowest BCUT2D eigenvalue weighted by Crippen LogP contribution is -2.59. The van der Waals surface area contributed by atoms with Crippen LogP contribution in [0.15, 0.2) is 36.9 Å². The van der Waals surface area contributed by atoms with Crippen molar-refractivity contribution in [3.63, 3.8) is 0 Å². The van der Waals surface area contributed by atoms with Gasteiger partial charge < -0.3 is 28.5 Å². The van der Waals surface area contributed by atoms with Gasteiger partial charge in [-0.25, -0.2) is 0 Å². The Kier molecular flexibility index (Phi) is 7.42. The zero-order valence-corrected chi connectivity index (χ0v) is 21.8. The first-order valence-electron chi connectivity index (χ1n) is 11.4. The Morgan fingerprint density at radius 2 is 1.81 bits per heavy atom. The van der Waals surface area contributed by atoms with E-state index in [4.69, 9.17) is 23.4 Å². The van der Waals surface area contributed by atoms with Crippen LogP contribution >= 0.6 is 0 Å². The van der Waals surface area contributed by atoms with Gasteiger partial charge in [0, 0.05) is 0 Å². The van der Waals surface area contributed by atoms with E-state index in [2.05, 4.69) is 40.4 Å². The van der Waals surface area contributed by atoms with Crippen molar-refractivity contribution < 1.29 is 28.5 Å². The second kappa shape index (κ2) is 9.29. The molecule has 0 aliphatic carbocycles. The molecule has 2 fully saturated rings. The van der Waals surface area contributed by atoms with Crippen LogP contribution in [0.5, 0.6) is 0 Å². The van der Waals surface area contributed by atoms with Crippen LogP contribution in [-0.2, 0) is 23.4 Å². The molecule has 0 unspecified atom stereocenters. The Morgan fingerprint density at radius 3 is 2.38 bits per heavy atom. The monoisotopic (exact) mass is 464 g/mol. The Hall–Kier alpha value is -1.06. The SMILES string of the molecule is C=C[C@H](O[C@@H]1OC[C@H]2OC(C)(C)O[C@H]2[C@@H]1O[Si](C)(C)C(C)(C)C)[C@@H](O)c1ccc(C)cc1. The lowest BCUT2D eigenvalue weighted by atomic mass is 10.0. The summed E-state index contributed by atoms with van der Waals surface area (Å²) in [5, 5.41) is 11.0. The molecule has 6 nitrogen and oxygen atoms in total. The van der Waals surface area contributed by atoms with Gasteiger partial charge in [0.15, 0.2) is 20.4 Å². The van der Waals surface area contributed by atoms with Gasteiger partial charge in [-0.05, 0) is 44.5 Å². The number of fused-ring (bicyclic) bond motifs is 1. The Bertz CT molecular complexity index is 785. The summed E-state index contributed by atoms with van der Waals surface area (Å²) in [5.41, 5.74) is 1.89. The Morgan fingerprint density at radius 1 is 1.19 bits per heavy atom. The van der Waals surface area contributed by atoms with Crippen LogP contribution in [0.25, 0.3) is 0 Å². The number of benzene rings is 1. The minimum absolute atomic E-state index is 0.00127.